The van der Waals surface area contributed by atoms with E-state index in [1.165, 1.54) is 12.8 Å². The van der Waals surface area contributed by atoms with Gasteiger partial charge in [0.25, 0.3) is 6.01 Å². The summed E-state index contributed by atoms with van der Waals surface area (Å²) < 4.78 is 14.1. The van der Waals surface area contributed by atoms with Gasteiger partial charge >= 0.3 is 0 Å². The van der Waals surface area contributed by atoms with E-state index in [0.29, 0.717) is 31.7 Å². The molecule has 1 heterocycles. The predicted octanol–water partition coefficient (Wildman–Crippen LogP) is 6.23. The van der Waals surface area contributed by atoms with Gasteiger partial charge in [0.15, 0.2) is 5.82 Å². The molecule has 1 aromatic carbocycles. The molecule has 31 heavy (non-hydrogen) atoms. The summed E-state index contributed by atoms with van der Waals surface area (Å²) in [5, 5.41) is 3.87. The number of hydrogen-bond donors (Lipinski definition) is 1. The van der Waals surface area contributed by atoms with E-state index in [0.717, 1.165) is 40.2 Å². The fourth-order valence-electron chi connectivity index (χ4n) is 3.69. The number of aromatic nitrogens is 2. The Morgan fingerprint density at radius 3 is 2.65 bits per heavy atom. The van der Waals surface area contributed by atoms with E-state index in [9.17, 15) is 0 Å². The lowest BCUT2D eigenvalue weighted by Crippen LogP contribution is -2.13. The zero-order valence-electron chi connectivity index (χ0n) is 19.0. The van der Waals surface area contributed by atoms with Gasteiger partial charge in [-0.15, -0.1) is 0 Å². The molecule has 1 aromatic heterocycles. The van der Waals surface area contributed by atoms with Gasteiger partial charge in [-0.2, -0.15) is 4.98 Å². The van der Waals surface area contributed by atoms with Gasteiger partial charge in [0.1, 0.15) is 13.2 Å². The van der Waals surface area contributed by atoms with E-state index >= 15 is 0 Å². The maximum atomic E-state index is 6.02. The number of ether oxygens (including phenoxy) is 2. The Kier molecular flexibility index (Phi) is 8.47. The van der Waals surface area contributed by atoms with E-state index < -0.39 is 0 Å². The summed E-state index contributed by atoms with van der Waals surface area (Å²) in [6.07, 6.45) is 9.90. The number of nitrogens with one attached hydrogen (secondary N) is 1. The minimum atomic E-state index is 0.442. The summed E-state index contributed by atoms with van der Waals surface area (Å²) in [4.78, 5) is 4.60. The highest BCUT2D eigenvalue weighted by atomic mass is 35.5. The Hall–Kier alpha value is -2.40. The Bertz CT molecular complexity index is 900. The number of rotatable bonds is 11. The molecule has 0 fully saturated rings. The monoisotopic (exact) mass is 443 g/mol. The first-order chi connectivity index (χ1) is 15.0. The summed E-state index contributed by atoms with van der Waals surface area (Å²) in [6, 6.07) is 8.43. The van der Waals surface area contributed by atoms with Crippen LogP contribution in [-0.4, -0.2) is 29.8 Å². The molecule has 1 atom stereocenters. The van der Waals surface area contributed by atoms with Gasteiger partial charge in [-0.1, -0.05) is 56.2 Å². The van der Waals surface area contributed by atoms with Crippen LogP contribution in [0, 0.1) is 18.8 Å². The lowest BCUT2D eigenvalue weighted by atomic mass is 9.91. The van der Waals surface area contributed by atoms with Crippen molar-refractivity contribution in [2.45, 2.75) is 46.6 Å². The molecule has 0 bridgehead atoms. The van der Waals surface area contributed by atoms with Crippen LogP contribution in [0.5, 0.6) is 6.01 Å². The first-order valence-corrected chi connectivity index (χ1v) is 11.5. The third-order valence-corrected chi connectivity index (χ3v) is 5.77. The lowest BCUT2D eigenvalue weighted by molar-refractivity contribution is 0.137. The number of benzene rings is 1. The molecule has 2 aromatic rings. The first kappa shape index (κ1) is 23.3. The molecular weight excluding hydrogens is 410 g/mol. The lowest BCUT2D eigenvalue weighted by Gasteiger charge is -2.20. The zero-order valence-corrected chi connectivity index (χ0v) is 19.8. The molecule has 1 N–H and O–H groups in total. The summed E-state index contributed by atoms with van der Waals surface area (Å²) >= 11 is 6.02. The van der Waals surface area contributed by atoms with Crippen molar-refractivity contribution in [1.82, 2.24) is 9.55 Å². The maximum absolute atomic E-state index is 6.02. The largest absolute Gasteiger partial charge is 0.494 e. The summed E-state index contributed by atoms with van der Waals surface area (Å²) in [6.45, 7) is 8.19. The molecule has 1 aliphatic rings. The molecule has 1 aliphatic carbocycles. The van der Waals surface area contributed by atoms with Crippen molar-refractivity contribution in [3.63, 3.8) is 0 Å². The van der Waals surface area contributed by atoms with Crippen molar-refractivity contribution < 1.29 is 9.47 Å². The molecule has 6 heteroatoms. The molecule has 0 radical (unpaired) electrons. The van der Waals surface area contributed by atoms with Crippen LogP contribution < -0.4 is 10.1 Å². The van der Waals surface area contributed by atoms with E-state index in [-0.39, 0.29) is 0 Å². The van der Waals surface area contributed by atoms with Crippen molar-refractivity contribution in [2.75, 3.05) is 25.6 Å². The van der Waals surface area contributed by atoms with Crippen LogP contribution in [0.3, 0.4) is 0 Å². The smallest absolute Gasteiger partial charge is 0.298 e. The minimum absolute atomic E-state index is 0.442. The van der Waals surface area contributed by atoms with Gasteiger partial charge in [-0.05, 0) is 49.0 Å². The highest BCUT2D eigenvalue weighted by Crippen LogP contribution is 2.26. The number of nitrogens with zero attached hydrogens (tertiary/aromatic N) is 2. The van der Waals surface area contributed by atoms with E-state index in [1.54, 1.807) is 0 Å². The van der Waals surface area contributed by atoms with Crippen LogP contribution >= 0.6 is 11.6 Å². The van der Waals surface area contributed by atoms with Crippen LogP contribution in [0.15, 0.2) is 48.3 Å². The van der Waals surface area contributed by atoms with Gasteiger partial charge in [-0.3, -0.25) is 4.57 Å². The van der Waals surface area contributed by atoms with Gasteiger partial charge in [0, 0.05) is 18.5 Å². The molecule has 1 unspecified atom stereocenters. The molecule has 0 spiro atoms. The second-order valence-electron chi connectivity index (χ2n) is 8.44. The molecule has 0 amide bonds. The number of imidazole rings is 1. The summed E-state index contributed by atoms with van der Waals surface area (Å²) in [7, 11) is 1.87. The number of allylic oxidation sites excluding steroid dienone is 4. The van der Waals surface area contributed by atoms with E-state index in [2.05, 4.69) is 46.9 Å². The molecule has 5 nitrogen and oxygen atoms in total. The van der Waals surface area contributed by atoms with Crippen molar-refractivity contribution in [3.05, 3.63) is 64.5 Å². The summed E-state index contributed by atoms with van der Waals surface area (Å²) in [5.74, 6) is 3.16. The zero-order chi connectivity index (χ0) is 22.2. The minimum Gasteiger partial charge on any atom is -0.494 e. The van der Waals surface area contributed by atoms with Crippen LogP contribution in [0.1, 0.15) is 44.4 Å². The standard InChI is InChI=1S/C25H34ClN3O2/c1-18(2)8-9-20-6-5-7-23(16-20)30-14-15-31-25-28-24(27-4)19(3)29(25)17-21-10-12-22(26)13-11-21/h5-7,10-13,18,20,27H,8-9,14-17H2,1-4H3. The Labute approximate surface area is 191 Å². The fraction of sp³-hybridized carbons (Fsp3) is 0.480. The van der Waals surface area contributed by atoms with Gasteiger partial charge in [-0.25, -0.2) is 0 Å². The molecule has 3 rings (SSSR count). The van der Waals surface area contributed by atoms with Gasteiger partial charge in [0.05, 0.1) is 18.0 Å². The SMILES string of the molecule is CNc1nc(OCCOC2=CC=CC(CCC(C)C)C2)n(Cc2ccc(Cl)cc2)c1C. The predicted molar refractivity (Wildman–Crippen MR) is 128 cm³/mol. The maximum Gasteiger partial charge on any atom is 0.298 e. The molecule has 0 saturated heterocycles. The van der Waals surface area contributed by atoms with Crippen LogP contribution in [0.2, 0.25) is 5.02 Å². The van der Waals surface area contributed by atoms with Crippen molar-refractivity contribution in [1.29, 1.82) is 0 Å². The van der Waals surface area contributed by atoms with Crippen molar-refractivity contribution in [3.8, 4) is 6.01 Å². The molecule has 0 aliphatic heterocycles. The van der Waals surface area contributed by atoms with Crippen LogP contribution in [-0.2, 0) is 11.3 Å². The topological polar surface area (TPSA) is 48.3 Å². The van der Waals surface area contributed by atoms with E-state index in [4.69, 9.17) is 21.1 Å². The van der Waals surface area contributed by atoms with E-state index in [1.807, 2.05) is 38.2 Å². The molecular formula is C25H34ClN3O2. The highest BCUT2D eigenvalue weighted by molar-refractivity contribution is 6.30. The van der Waals surface area contributed by atoms with Crippen LogP contribution in [0.25, 0.3) is 0 Å². The number of halogens is 1. The average Bonchev–Trinajstić information content (AvgIpc) is 3.06. The third-order valence-electron chi connectivity index (χ3n) is 5.52. The second kappa shape index (κ2) is 11.3. The normalized spacial score (nSPS) is 15.8. The second-order valence-corrected chi connectivity index (χ2v) is 8.88. The number of anilines is 1. The third kappa shape index (κ3) is 6.79. The Morgan fingerprint density at radius 1 is 1.19 bits per heavy atom. The summed E-state index contributed by atoms with van der Waals surface area (Å²) in [5.41, 5.74) is 2.17. The fourth-order valence-corrected chi connectivity index (χ4v) is 3.81. The quantitative estimate of drug-likeness (QED) is 0.418. The molecule has 0 saturated carbocycles. The average molecular weight is 444 g/mol. The highest BCUT2D eigenvalue weighted by Gasteiger charge is 2.16. The Morgan fingerprint density at radius 2 is 1.94 bits per heavy atom. The number of hydrogen-bond acceptors (Lipinski definition) is 4. The van der Waals surface area contributed by atoms with Crippen molar-refractivity contribution >= 4 is 17.4 Å². The van der Waals surface area contributed by atoms with Crippen LogP contribution in [0.4, 0.5) is 5.82 Å². The van der Waals surface area contributed by atoms with Gasteiger partial charge < -0.3 is 14.8 Å². The van der Waals surface area contributed by atoms with Crippen molar-refractivity contribution in [2.24, 2.45) is 11.8 Å². The first-order valence-electron chi connectivity index (χ1n) is 11.1. The Balaban J connectivity index is 1.54. The molecule has 168 valence electrons. The van der Waals surface area contributed by atoms with Gasteiger partial charge in [0.2, 0.25) is 0 Å².